The fourth-order valence-corrected chi connectivity index (χ4v) is 2.37. The van der Waals surface area contributed by atoms with Gasteiger partial charge in [0.2, 0.25) is 0 Å². The summed E-state index contributed by atoms with van der Waals surface area (Å²) in [6, 6.07) is 10.3. The number of rotatable bonds is 6. The summed E-state index contributed by atoms with van der Waals surface area (Å²) in [5, 5.41) is 14.4. The lowest BCUT2D eigenvalue weighted by molar-refractivity contribution is 0.157. The largest absolute Gasteiger partial charge is 0.393 e. The molecule has 0 saturated heterocycles. The molecule has 2 unspecified atom stereocenters. The van der Waals surface area contributed by atoms with Crippen molar-refractivity contribution in [2.24, 2.45) is 0 Å². The third kappa shape index (κ3) is 3.93. The maximum absolute atomic E-state index is 10.2. The topological polar surface area (TPSA) is 38.0 Å². The van der Waals surface area contributed by atoms with Gasteiger partial charge in [-0.25, -0.2) is 0 Å². The number of aromatic nitrogens is 2. The Morgan fingerprint density at radius 1 is 1.26 bits per heavy atom. The van der Waals surface area contributed by atoms with E-state index in [9.17, 15) is 5.11 Å². The van der Waals surface area contributed by atoms with E-state index >= 15 is 0 Å². The Morgan fingerprint density at radius 3 is 2.63 bits per heavy atom. The number of hydrogen-bond acceptors (Lipinski definition) is 2. The predicted octanol–water partition coefficient (Wildman–Crippen LogP) is 3.00. The third-order valence-corrected chi connectivity index (χ3v) is 3.48. The van der Waals surface area contributed by atoms with Crippen molar-refractivity contribution in [3.05, 3.63) is 53.9 Å². The SMILES string of the molecule is CCn1cc(CC(O)CC(C)c2ccccc2)cn1. The highest BCUT2D eigenvalue weighted by Crippen LogP contribution is 2.21. The first-order valence-electron chi connectivity index (χ1n) is 6.93. The second-order valence-corrected chi connectivity index (χ2v) is 5.11. The van der Waals surface area contributed by atoms with Gasteiger partial charge >= 0.3 is 0 Å². The standard InChI is InChI=1S/C16H22N2O/c1-3-18-12-14(11-17-18)10-16(19)9-13(2)15-7-5-4-6-8-15/h4-8,11-13,16,19H,3,9-10H2,1-2H3. The van der Waals surface area contributed by atoms with Crippen molar-refractivity contribution >= 4 is 0 Å². The van der Waals surface area contributed by atoms with Crippen molar-refractivity contribution in [2.75, 3.05) is 0 Å². The molecule has 102 valence electrons. The van der Waals surface area contributed by atoms with E-state index in [1.807, 2.05) is 35.3 Å². The zero-order chi connectivity index (χ0) is 13.7. The lowest BCUT2D eigenvalue weighted by Gasteiger charge is -2.16. The number of aliphatic hydroxyl groups excluding tert-OH is 1. The van der Waals surface area contributed by atoms with Gasteiger partial charge in [0.05, 0.1) is 12.3 Å². The molecule has 0 aliphatic heterocycles. The molecule has 0 aliphatic rings. The number of benzene rings is 1. The number of hydrogen-bond donors (Lipinski definition) is 1. The lowest BCUT2D eigenvalue weighted by atomic mass is 9.93. The van der Waals surface area contributed by atoms with E-state index in [1.165, 1.54) is 5.56 Å². The van der Waals surface area contributed by atoms with E-state index in [2.05, 4.69) is 31.1 Å². The van der Waals surface area contributed by atoms with Gasteiger partial charge in [-0.2, -0.15) is 5.10 Å². The summed E-state index contributed by atoms with van der Waals surface area (Å²) in [6.45, 7) is 5.09. The summed E-state index contributed by atoms with van der Waals surface area (Å²) in [6.07, 6.45) is 5.00. The normalized spacial score (nSPS) is 14.3. The molecule has 3 heteroatoms. The second-order valence-electron chi connectivity index (χ2n) is 5.11. The fourth-order valence-electron chi connectivity index (χ4n) is 2.37. The van der Waals surface area contributed by atoms with Crippen molar-refractivity contribution in [3.8, 4) is 0 Å². The Bertz CT molecular complexity index is 492. The van der Waals surface area contributed by atoms with Crippen LogP contribution in [-0.2, 0) is 13.0 Å². The third-order valence-electron chi connectivity index (χ3n) is 3.48. The van der Waals surface area contributed by atoms with Crippen molar-refractivity contribution in [1.29, 1.82) is 0 Å². The first kappa shape index (κ1) is 13.8. The Morgan fingerprint density at radius 2 is 2.00 bits per heavy atom. The predicted molar refractivity (Wildman–Crippen MR) is 77.1 cm³/mol. The van der Waals surface area contributed by atoms with E-state index < -0.39 is 0 Å². The molecule has 1 N–H and O–H groups in total. The zero-order valence-corrected chi connectivity index (χ0v) is 11.7. The van der Waals surface area contributed by atoms with Crippen LogP contribution in [0.2, 0.25) is 0 Å². The molecule has 2 aromatic rings. The highest BCUT2D eigenvalue weighted by molar-refractivity contribution is 5.19. The molecule has 3 nitrogen and oxygen atoms in total. The minimum absolute atomic E-state index is 0.315. The van der Waals surface area contributed by atoms with Crippen LogP contribution in [0.4, 0.5) is 0 Å². The van der Waals surface area contributed by atoms with E-state index in [1.54, 1.807) is 0 Å². The molecule has 0 bridgehead atoms. The monoisotopic (exact) mass is 258 g/mol. The van der Waals surface area contributed by atoms with Gasteiger partial charge < -0.3 is 5.11 Å². The Hall–Kier alpha value is -1.61. The molecule has 1 aromatic heterocycles. The van der Waals surface area contributed by atoms with Gasteiger partial charge in [-0.3, -0.25) is 4.68 Å². The summed E-state index contributed by atoms with van der Waals surface area (Å²) in [7, 11) is 0. The van der Waals surface area contributed by atoms with Gasteiger partial charge in [0.15, 0.2) is 0 Å². The molecule has 0 spiro atoms. The van der Waals surface area contributed by atoms with Crippen molar-refractivity contribution < 1.29 is 5.11 Å². The summed E-state index contributed by atoms with van der Waals surface area (Å²) < 4.78 is 1.89. The Labute approximate surface area is 114 Å². The van der Waals surface area contributed by atoms with Gasteiger partial charge in [0.25, 0.3) is 0 Å². The number of nitrogens with zero attached hydrogens (tertiary/aromatic N) is 2. The van der Waals surface area contributed by atoms with Crippen LogP contribution in [0.3, 0.4) is 0 Å². The van der Waals surface area contributed by atoms with Gasteiger partial charge in [-0.1, -0.05) is 37.3 Å². The highest BCUT2D eigenvalue weighted by atomic mass is 16.3. The van der Waals surface area contributed by atoms with Gasteiger partial charge in [0, 0.05) is 19.2 Å². The van der Waals surface area contributed by atoms with E-state index in [0.717, 1.165) is 18.5 Å². The van der Waals surface area contributed by atoms with Crippen LogP contribution in [0.15, 0.2) is 42.7 Å². The van der Waals surface area contributed by atoms with Gasteiger partial charge in [0.1, 0.15) is 0 Å². The summed E-state index contributed by atoms with van der Waals surface area (Å²) in [4.78, 5) is 0. The Kier molecular flexibility index (Phi) is 4.74. The van der Waals surface area contributed by atoms with Crippen molar-refractivity contribution in [3.63, 3.8) is 0 Å². The number of aryl methyl sites for hydroxylation is 1. The van der Waals surface area contributed by atoms with Crippen LogP contribution in [-0.4, -0.2) is 21.0 Å². The molecule has 0 aliphatic carbocycles. The van der Waals surface area contributed by atoms with Crippen molar-refractivity contribution in [2.45, 2.75) is 45.3 Å². The summed E-state index contributed by atoms with van der Waals surface area (Å²) in [5.74, 6) is 0.373. The maximum Gasteiger partial charge on any atom is 0.0587 e. The van der Waals surface area contributed by atoms with Crippen LogP contribution in [0.25, 0.3) is 0 Å². The summed E-state index contributed by atoms with van der Waals surface area (Å²) >= 11 is 0. The average molecular weight is 258 g/mol. The Balaban J connectivity index is 1.88. The van der Waals surface area contributed by atoms with E-state index in [-0.39, 0.29) is 6.10 Å². The number of aliphatic hydroxyl groups is 1. The first-order chi connectivity index (χ1) is 9.19. The quantitative estimate of drug-likeness (QED) is 0.865. The fraction of sp³-hybridized carbons (Fsp3) is 0.438. The zero-order valence-electron chi connectivity index (χ0n) is 11.7. The molecule has 0 saturated carbocycles. The maximum atomic E-state index is 10.2. The van der Waals surface area contributed by atoms with Crippen LogP contribution in [0.5, 0.6) is 0 Å². The second kappa shape index (κ2) is 6.53. The summed E-state index contributed by atoms with van der Waals surface area (Å²) in [5.41, 5.74) is 2.39. The average Bonchev–Trinajstić information content (AvgIpc) is 2.87. The molecular formula is C16H22N2O. The molecule has 19 heavy (non-hydrogen) atoms. The molecular weight excluding hydrogens is 236 g/mol. The molecule has 2 rings (SSSR count). The van der Waals surface area contributed by atoms with Crippen molar-refractivity contribution in [1.82, 2.24) is 9.78 Å². The molecule has 1 aromatic carbocycles. The molecule has 1 heterocycles. The minimum Gasteiger partial charge on any atom is -0.393 e. The smallest absolute Gasteiger partial charge is 0.0587 e. The molecule has 0 amide bonds. The first-order valence-corrected chi connectivity index (χ1v) is 6.93. The molecule has 0 fully saturated rings. The molecule has 2 atom stereocenters. The molecule has 0 radical (unpaired) electrons. The van der Waals surface area contributed by atoms with E-state index in [0.29, 0.717) is 12.3 Å². The minimum atomic E-state index is -0.315. The highest BCUT2D eigenvalue weighted by Gasteiger charge is 2.13. The lowest BCUT2D eigenvalue weighted by Crippen LogP contribution is -2.13. The van der Waals surface area contributed by atoms with Crippen LogP contribution in [0.1, 0.15) is 37.3 Å². The van der Waals surface area contributed by atoms with Crippen LogP contribution < -0.4 is 0 Å². The van der Waals surface area contributed by atoms with Gasteiger partial charge in [-0.15, -0.1) is 0 Å². The van der Waals surface area contributed by atoms with Crippen LogP contribution in [0, 0.1) is 0 Å². The van der Waals surface area contributed by atoms with Gasteiger partial charge in [-0.05, 0) is 30.4 Å². The van der Waals surface area contributed by atoms with E-state index in [4.69, 9.17) is 0 Å². The van der Waals surface area contributed by atoms with Crippen LogP contribution >= 0.6 is 0 Å².